The number of hydrogen-bond acceptors (Lipinski definition) is 4. The van der Waals surface area contributed by atoms with Crippen molar-refractivity contribution in [2.75, 3.05) is 6.79 Å². The molecule has 0 N–H and O–H groups in total. The Morgan fingerprint density at radius 1 is 1.10 bits per heavy atom. The lowest BCUT2D eigenvalue weighted by molar-refractivity contribution is 0.174. The number of fused-ring (bicyclic) bond motifs is 1. The quantitative estimate of drug-likeness (QED) is 0.489. The summed E-state index contributed by atoms with van der Waals surface area (Å²) in [6.07, 6.45) is 0. The fraction of sp³-hybridized carbons (Fsp3) is 0.133. The molecule has 0 radical (unpaired) electrons. The van der Waals surface area contributed by atoms with Crippen LogP contribution in [0.4, 0.5) is 0 Å². The van der Waals surface area contributed by atoms with Crippen LogP contribution in [-0.4, -0.2) is 19.8 Å². The molecule has 2 aromatic carbocycles. The van der Waals surface area contributed by atoms with Gasteiger partial charge >= 0.3 is 0 Å². The largest absolute Gasteiger partial charge is 0.454 e. The molecule has 1 unspecified atom stereocenters. The van der Waals surface area contributed by atoms with E-state index in [9.17, 15) is 0 Å². The van der Waals surface area contributed by atoms with Gasteiger partial charge in [-0.05, 0) is 35.5 Å². The third kappa shape index (κ3) is 2.46. The molecule has 1 aliphatic rings. The molecule has 0 amide bonds. The second-order valence-electron chi connectivity index (χ2n) is 4.65. The predicted molar refractivity (Wildman–Crippen MR) is 84.1 cm³/mol. The topological polar surface area (TPSA) is 30.8 Å². The van der Waals surface area contributed by atoms with Crippen molar-refractivity contribution in [2.45, 2.75) is 6.04 Å². The smallest absolute Gasteiger partial charge is 0.231 e. The van der Waals surface area contributed by atoms with Gasteiger partial charge in [0.05, 0.1) is 5.16 Å². The van der Waals surface area contributed by atoms with Crippen molar-refractivity contribution in [3.8, 4) is 11.5 Å². The first-order chi connectivity index (χ1) is 9.78. The first-order valence-electron chi connectivity index (χ1n) is 6.31. The summed E-state index contributed by atoms with van der Waals surface area (Å²) < 4.78 is 10.7. The number of aliphatic imine (C=N–C) groups is 1. The van der Waals surface area contributed by atoms with Crippen LogP contribution in [0.3, 0.4) is 0 Å². The number of nitrogens with zero attached hydrogens (tertiary/aromatic N) is 1. The summed E-state index contributed by atoms with van der Waals surface area (Å²) in [4.78, 5) is 4.30. The monoisotopic (exact) mass is 281 g/mol. The summed E-state index contributed by atoms with van der Waals surface area (Å²) >= 11 is 4.79. The van der Waals surface area contributed by atoms with Crippen molar-refractivity contribution in [1.82, 2.24) is 0 Å². The molecule has 0 fully saturated rings. The van der Waals surface area contributed by atoms with E-state index in [1.807, 2.05) is 30.3 Å². The number of thiocarbonyl (C=S) groups is 1. The number of hydrogen-bond donors (Lipinski definition) is 0. The molecule has 1 heterocycles. The van der Waals surface area contributed by atoms with Gasteiger partial charge in [-0.15, -0.1) is 0 Å². The third-order valence-corrected chi connectivity index (χ3v) is 3.36. The Balaban J connectivity index is 2.05. The van der Waals surface area contributed by atoms with E-state index < -0.39 is 0 Å². The van der Waals surface area contributed by atoms with E-state index in [2.05, 4.69) is 30.1 Å². The van der Waals surface area contributed by atoms with Crippen LogP contribution in [0.5, 0.6) is 11.5 Å². The van der Waals surface area contributed by atoms with Gasteiger partial charge in [-0.2, -0.15) is 0 Å². The average Bonchev–Trinajstić information content (AvgIpc) is 2.92. The van der Waals surface area contributed by atoms with Crippen molar-refractivity contribution >= 4 is 30.7 Å². The van der Waals surface area contributed by atoms with Crippen molar-refractivity contribution < 1.29 is 9.47 Å². The number of isothiocyanates is 1. The van der Waals surface area contributed by atoms with E-state index >= 15 is 0 Å². The Kier molecular flexibility index (Phi) is 3.55. The van der Waals surface area contributed by atoms with Gasteiger partial charge in [0, 0.05) is 0 Å². The highest BCUT2D eigenvalue weighted by Crippen LogP contribution is 2.36. The molecule has 1 aliphatic heterocycles. The minimum absolute atomic E-state index is 0.165. The summed E-state index contributed by atoms with van der Waals surface area (Å²) in [6.45, 7) is 0.268. The second-order valence-corrected chi connectivity index (χ2v) is 4.83. The van der Waals surface area contributed by atoms with Gasteiger partial charge in [-0.1, -0.05) is 35.8 Å². The molecule has 1 atom stereocenters. The Hall–Kier alpha value is -2.10. The lowest BCUT2D eigenvalue weighted by Gasteiger charge is -2.13. The maximum Gasteiger partial charge on any atom is 0.231 e. The minimum atomic E-state index is -0.165. The fourth-order valence-corrected chi connectivity index (χ4v) is 2.42. The molecule has 0 aromatic heterocycles. The van der Waals surface area contributed by atoms with Crippen LogP contribution in [0, 0.1) is 0 Å². The predicted octanol–water partition coefficient (Wildman–Crippen LogP) is 1.87. The van der Waals surface area contributed by atoms with E-state index in [4.69, 9.17) is 21.7 Å². The third-order valence-electron chi connectivity index (χ3n) is 3.25. The molecular formula is C15H12BNO2S. The van der Waals surface area contributed by atoms with E-state index in [1.165, 1.54) is 5.46 Å². The Labute approximate surface area is 123 Å². The van der Waals surface area contributed by atoms with Crippen LogP contribution in [-0.2, 0) is 0 Å². The Bertz CT molecular complexity index is 698. The van der Waals surface area contributed by atoms with Gasteiger partial charge < -0.3 is 9.47 Å². The first-order valence-corrected chi connectivity index (χ1v) is 6.72. The van der Waals surface area contributed by atoms with Gasteiger partial charge in [0.1, 0.15) is 13.9 Å². The summed E-state index contributed by atoms with van der Waals surface area (Å²) in [5.74, 6) is 1.52. The van der Waals surface area contributed by atoms with Gasteiger partial charge in [-0.25, -0.2) is 4.99 Å². The molecule has 98 valence electrons. The average molecular weight is 281 g/mol. The molecule has 0 aliphatic carbocycles. The Morgan fingerprint density at radius 3 is 2.70 bits per heavy atom. The maximum atomic E-state index is 5.42. The fourth-order valence-electron chi connectivity index (χ4n) is 2.32. The molecule has 0 bridgehead atoms. The highest BCUT2D eigenvalue weighted by atomic mass is 32.1. The summed E-state index contributed by atoms with van der Waals surface area (Å²) in [5, 5.41) is 2.49. The van der Waals surface area contributed by atoms with Crippen molar-refractivity contribution in [3.05, 3.63) is 53.6 Å². The molecule has 0 saturated heterocycles. The molecule has 20 heavy (non-hydrogen) atoms. The number of ether oxygens (including phenoxy) is 2. The lowest BCUT2D eigenvalue weighted by atomic mass is 9.90. The summed E-state index contributed by atoms with van der Waals surface area (Å²) in [5.41, 5.74) is 3.28. The van der Waals surface area contributed by atoms with E-state index in [0.29, 0.717) is 0 Å². The Morgan fingerprint density at radius 2 is 1.90 bits per heavy atom. The highest BCUT2D eigenvalue weighted by molar-refractivity contribution is 7.78. The highest BCUT2D eigenvalue weighted by Gasteiger charge is 2.18. The van der Waals surface area contributed by atoms with Crippen LogP contribution in [0.25, 0.3) is 0 Å². The molecule has 3 rings (SSSR count). The molecule has 5 heteroatoms. The van der Waals surface area contributed by atoms with Crippen molar-refractivity contribution in [1.29, 1.82) is 0 Å². The first kappa shape index (κ1) is 12.9. The van der Waals surface area contributed by atoms with E-state index in [0.717, 1.165) is 22.6 Å². The number of benzene rings is 2. The van der Waals surface area contributed by atoms with Crippen LogP contribution >= 0.6 is 12.2 Å². The van der Waals surface area contributed by atoms with Crippen molar-refractivity contribution in [2.24, 2.45) is 4.99 Å². The number of rotatable bonds is 3. The molecular weight excluding hydrogens is 269 g/mol. The van der Waals surface area contributed by atoms with Crippen LogP contribution in [0.1, 0.15) is 17.2 Å². The minimum Gasteiger partial charge on any atom is -0.454 e. The molecule has 3 nitrogen and oxygen atoms in total. The zero-order chi connectivity index (χ0) is 13.9. The normalized spacial score (nSPS) is 13.6. The maximum absolute atomic E-state index is 5.42. The zero-order valence-electron chi connectivity index (χ0n) is 11.0. The molecule has 0 saturated carbocycles. The molecule has 0 spiro atoms. The standard InChI is InChI=1S/C15H12BNO2S/c16-12-3-1-2-10(6-12)15(17-8-20)11-4-5-13-14(7-11)19-9-18-13/h1-7,15H,9,16H2. The van der Waals surface area contributed by atoms with Gasteiger partial charge in [0.25, 0.3) is 0 Å². The van der Waals surface area contributed by atoms with Gasteiger partial charge in [0.2, 0.25) is 6.79 Å². The van der Waals surface area contributed by atoms with Crippen LogP contribution in [0.2, 0.25) is 0 Å². The van der Waals surface area contributed by atoms with Crippen LogP contribution < -0.4 is 14.9 Å². The van der Waals surface area contributed by atoms with E-state index in [1.54, 1.807) is 0 Å². The van der Waals surface area contributed by atoms with Gasteiger partial charge in [0.15, 0.2) is 11.5 Å². The lowest BCUT2D eigenvalue weighted by Crippen LogP contribution is -2.06. The van der Waals surface area contributed by atoms with E-state index in [-0.39, 0.29) is 12.8 Å². The van der Waals surface area contributed by atoms with Crippen LogP contribution in [0.15, 0.2) is 47.5 Å². The van der Waals surface area contributed by atoms with Gasteiger partial charge in [-0.3, -0.25) is 0 Å². The summed E-state index contributed by atoms with van der Waals surface area (Å²) in [7, 11) is 2.06. The summed E-state index contributed by atoms with van der Waals surface area (Å²) in [6, 6.07) is 13.9. The molecule has 2 aromatic rings. The SMILES string of the molecule is Bc1cccc(C(N=C=S)c2ccc3c(c2)OCO3)c1. The second kappa shape index (κ2) is 5.49. The van der Waals surface area contributed by atoms with Crippen molar-refractivity contribution in [3.63, 3.8) is 0 Å². The zero-order valence-corrected chi connectivity index (χ0v) is 11.8.